The van der Waals surface area contributed by atoms with Gasteiger partial charge in [0.1, 0.15) is 24.2 Å². The molecule has 2 aliphatic rings. The van der Waals surface area contributed by atoms with Crippen LogP contribution < -0.4 is 15.2 Å². The zero-order valence-electron chi connectivity index (χ0n) is 19.0. The molecule has 11 heteroatoms. The topological polar surface area (TPSA) is 134 Å². The molecule has 2 aromatic heterocycles. The quantitative estimate of drug-likeness (QED) is 0.643. The Morgan fingerprint density at radius 3 is 3.03 bits per heavy atom. The van der Waals surface area contributed by atoms with Crippen molar-refractivity contribution in [2.45, 2.75) is 63.5 Å². The van der Waals surface area contributed by atoms with Crippen molar-refractivity contribution < 1.29 is 18.5 Å². The first-order valence-corrected chi connectivity index (χ1v) is 12.4. The lowest BCUT2D eigenvalue weighted by Crippen LogP contribution is -2.33. The van der Waals surface area contributed by atoms with E-state index in [0.717, 1.165) is 41.8 Å². The number of carbonyl (C=O) groups excluding carboxylic acids is 1. The molecule has 2 unspecified atom stereocenters. The second-order valence-corrected chi connectivity index (χ2v) is 10.2. The summed E-state index contributed by atoms with van der Waals surface area (Å²) >= 11 is 0. The number of ether oxygens (including phenoxy) is 2. The molecule has 0 bridgehead atoms. The molecule has 176 valence electrons. The highest BCUT2D eigenvalue weighted by Crippen LogP contribution is 2.35. The van der Waals surface area contributed by atoms with Crippen LogP contribution in [0.25, 0.3) is 0 Å². The SMILES string of the molecule is C#CCOC1COc2c(S(N)(=O)=NC(=O)Nc3c(C)c(C(C)C)nc4c3CCC4)cnn2C1. The van der Waals surface area contributed by atoms with Gasteiger partial charge in [-0.25, -0.2) is 18.8 Å². The molecule has 3 N–H and O–H groups in total. The molecule has 0 aromatic carbocycles. The van der Waals surface area contributed by atoms with Gasteiger partial charge < -0.3 is 14.8 Å². The first kappa shape index (κ1) is 23.2. The number of aryl methyl sites for hydroxylation is 1. The number of rotatable bonds is 5. The number of amides is 2. The first-order valence-electron chi connectivity index (χ1n) is 10.8. The third-order valence-electron chi connectivity index (χ3n) is 5.76. The second-order valence-electron chi connectivity index (χ2n) is 8.46. The Balaban J connectivity index is 1.60. The van der Waals surface area contributed by atoms with Gasteiger partial charge in [-0.1, -0.05) is 19.8 Å². The number of nitrogens with two attached hydrogens (primary N) is 1. The Hall–Kier alpha value is -2.94. The van der Waals surface area contributed by atoms with Crippen molar-refractivity contribution in [3.05, 3.63) is 28.7 Å². The van der Waals surface area contributed by atoms with Gasteiger partial charge in [0, 0.05) is 11.4 Å². The molecule has 2 amide bonds. The lowest BCUT2D eigenvalue weighted by atomic mass is 9.99. The van der Waals surface area contributed by atoms with Crippen LogP contribution in [0.1, 0.15) is 48.7 Å². The van der Waals surface area contributed by atoms with E-state index in [9.17, 15) is 9.00 Å². The van der Waals surface area contributed by atoms with E-state index in [2.05, 4.69) is 34.5 Å². The third kappa shape index (κ3) is 4.59. The Bertz CT molecular complexity index is 1250. The highest BCUT2D eigenvalue weighted by Gasteiger charge is 2.29. The van der Waals surface area contributed by atoms with Gasteiger partial charge in [0.05, 0.1) is 18.4 Å². The number of terminal acetylenes is 1. The summed E-state index contributed by atoms with van der Waals surface area (Å²) in [6, 6.07) is -0.786. The molecular formula is C22H28N6O4S. The molecule has 0 fully saturated rings. The minimum Gasteiger partial charge on any atom is -0.474 e. The van der Waals surface area contributed by atoms with Crippen LogP contribution >= 0.6 is 0 Å². The number of fused-ring (bicyclic) bond motifs is 2. The summed E-state index contributed by atoms with van der Waals surface area (Å²) in [5, 5.41) is 13.0. The molecule has 1 aliphatic carbocycles. The normalized spacial score (nSPS) is 18.6. The summed E-state index contributed by atoms with van der Waals surface area (Å²) in [6.07, 6.45) is 8.91. The van der Waals surface area contributed by atoms with Gasteiger partial charge >= 0.3 is 6.03 Å². The fraction of sp³-hybridized carbons (Fsp3) is 0.500. The summed E-state index contributed by atoms with van der Waals surface area (Å²) in [6.45, 7) is 6.76. The molecule has 2 aromatic rings. The maximum atomic E-state index is 13.2. The molecule has 0 saturated carbocycles. The molecule has 0 saturated heterocycles. The average molecular weight is 473 g/mol. The molecule has 33 heavy (non-hydrogen) atoms. The van der Waals surface area contributed by atoms with Gasteiger partial charge in [0.15, 0.2) is 9.92 Å². The van der Waals surface area contributed by atoms with Crippen LogP contribution in [0.2, 0.25) is 0 Å². The van der Waals surface area contributed by atoms with Crippen molar-refractivity contribution in [3.8, 4) is 18.2 Å². The number of nitrogens with zero attached hydrogens (tertiary/aromatic N) is 4. The monoisotopic (exact) mass is 472 g/mol. The number of hydrogen-bond donors (Lipinski definition) is 2. The van der Waals surface area contributed by atoms with E-state index in [0.29, 0.717) is 12.2 Å². The summed E-state index contributed by atoms with van der Waals surface area (Å²) in [5.41, 5.74) is 4.51. The number of hydrogen-bond acceptors (Lipinski definition) is 6. The zero-order chi connectivity index (χ0) is 23.8. The van der Waals surface area contributed by atoms with Crippen LogP contribution in [0.4, 0.5) is 10.5 Å². The van der Waals surface area contributed by atoms with Gasteiger partial charge in [-0.15, -0.1) is 10.8 Å². The maximum absolute atomic E-state index is 13.2. The fourth-order valence-electron chi connectivity index (χ4n) is 4.26. The predicted molar refractivity (Wildman–Crippen MR) is 123 cm³/mol. The van der Waals surface area contributed by atoms with Gasteiger partial charge in [-0.05, 0) is 43.2 Å². The second kappa shape index (κ2) is 9.13. The van der Waals surface area contributed by atoms with E-state index in [-0.39, 0.29) is 36.0 Å². The van der Waals surface area contributed by atoms with Crippen LogP contribution in [0.15, 0.2) is 15.5 Å². The number of pyridine rings is 1. The molecule has 4 rings (SSSR count). The van der Waals surface area contributed by atoms with E-state index in [1.807, 2.05) is 6.92 Å². The highest BCUT2D eigenvalue weighted by atomic mass is 32.2. The molecule has 3 heterocycles. The van der Waals surface area contributed by atoms with E-state index in [1.54, 1.807) is 0 Å². The van der Waals surface area contributed by atoms with Crippen molar-refractivity contribution in [1.29, 1.82) is 0 Å². The zero-order valence-corrected chi connectivity index (χ0v) is 19.8. The van der Waals surface area contributed by atoms with Crippen molar-refractivity contribution in [2.24, 2.45) is 9.50 Å². The van der Waals surface area contributed by atoms with Crippen molar-refractivity contribution in [3.63, 3.8) is 0 Å². The Labute approximate surface area is 193 Å². The van der Waals surface area contributed by atoms with Gasteiger partial charge in [0.25, 0.3) is 0 Å². The standard InChI is InChI=1S/C22H28N6O4S/c1-5-9-31-15-11-28-21(32-12-15)18(10-24-28)33(23,30)27-22(29)26-20-14(4)19(13(2)3)25-17-8-6-7-16(17)20/h1,10,13,15H,6-9,11-12H2,2-4H3,(H3,23,25,26,27,29,30). The average Bonchev–Trinajstić information content (AvgIpc) is 3.40. The predicted octanol–water partition coefficient (Wildman–Crippen LogP) is 2.54. The van der Waals surface area contributed by atoms with E-state index in [4.69, 9.17) is 26.0 Å². The number of urea groups is 1. The minimum atomic E-state index is -3.60. The van der Waals surface area contributed by atoms with Gasteiger partial charge in [0.2, 0.25) is 5.88 Å². The van der Waals surface area contributed by atoms with Crippen LogP contribution in [-0.2, 0) is 34.0 Å². The van der Waals surface area contributed by atoms with Crippen molar-refractivity contribution in [2.75, 3.05) is 18.5 Å². The van der Waals surface area contributed by atoms with E-state index in [1.165, 1.54) is 10.9 Å². The minimum absolute atomic E-state index is 0.0626. The molecule has 0 radical (unpaired) electrons. The Morgan fingerprint density at radius 1 is 1.52 bits per heavy atom. The Kier molecular flexibility index (Phi) is 6.43. The Morgan fingerprint density at radius 2 is 2.30 bits per heavy atom. The fourth-order valence-corrected chi connectivity index (χ4v) is 5.26. The smallest absolute Gasteiger partial charge is 0.354 e. The molecule has 1 aliphatic heterocycles. The highest BCUT2D eigenvalue weighted by molar-refractivity contribution is 7.91. The van der Waals surface area contributed by atoms with Crippen LogP contribution in [0.3, 0.4) is 0 Å². The summed E-state index contributed by atoms with van der Waals surface area (Å²) in [4.78, 5) is 17.7. The molecule has 10 nitrogen and oxygen atoms in total. The maximum Gasteiger partial charge on any atom is 0.354 e. The third-order valence-corrected chi connectivity index (χ3v) is 7.11. The largest absolute Gasteiger partial charge is 0.474 e. The van der Waals surface area contributed by atoms with Crippen molar-refractivity contribution in [1.82, 2.24) is 14.8 Å². The van der Waals surface area contributed by atoms with Crippen LogP contribution in [-0.4, -0.2) is 44.3 Å². The molecule has 0 spiro atoms. The number of nitrogens with one attached hydrogen (secondary N) is 1. The lowest BCUT2D eigenvalue weighted by molar-refractivity contribution is 0.00163. The van der Waals surface area contributed by atoms with Crippen LogP contribution in [0.5, 0.6) is 5.88 Å². The summed E-state index contributed by atoms with van der Waals surface area (Å²) in [7, 11) is -3.60. The van der Waals surface area contributed by atoms with Crippen LogP contribution in [0, 0.1) is 19.3 Å². The number of carbonyl (C=O) groups is 1. The van der Waals surface area contributed by atoms with E-state index >= 15 is 0 Å². The summed E-state index contributed by atoms with van der Waals surface area (Å²) in [5.74, 6) is 2.81. The lowest BCUT2D eigenvalue weighted by Gasteiger charge is -2.24. The summed E-state index contributed by atoms with van der Waals surface area (Å²) < 4.78 is 29.6. The van der Waals surface area contributed by atoms with Gasteiger partial charge in [-0.3, -0.25) is 4.98 Å². The van der Waals surface area contributed by atoms with Gasteiger partial charge in [-0.2, -0.15) is 5.10 Å². The molecular weight excluding hydrogens is 444 g/mol. The molecule has 2 atom stereocenters. The number of anilines is 1. The van der Waals surface area contributed by atoms with Crippen molar-refractivity contribution >= 4 is 21.6 Å². The first-order chi connectivity index (χ1) is 15.7. The number of aromatic nitrogens is 3. The van der Waals surface area contributed by atoms with E-state index < -0.39 is 15.9 Å².